The number of fused-ring (bicyclic) bond motifs is 7. The SMILES string of the molecule is C[C@@H]1CC[C@@]2(OC1)O[C@H]1C[C@H]3[C@@H]4CCC5CCCC[C@]5(C)[C@H]4C(O)C(=O)[C@]3(C)[C@H]1[C@@H]2C. The van der Waals surface area contributed by atoms with Crippen LogP contribution < -0.4 is 0 Å². The lowest BCUT2D eigenvalue weighted by Gasteiger charge is -2.61. The van der Waals surface area contributed by atoms with Gasteiger partial charge in [0, 0.05) is 29.6 Å². The van der Waals surface area contributed by atoms with Crippen LogP contribution in [0.2, 0.25) is 0 Å². The lowest BCUT2D eigenvalue weighted by atomic mass is 9.43. The maximum absolute atomic E-state index is 14.1. The first-order valence-electron chi connectivity index (χ1n) is 13.3. The summed E-state index contributed by atoms with van der Waals surface area (Å²) in [6.07, 6.45) is 9.85. The lowest BCUT2D eigenvalue weighted by molar-refractivity contribution is -0.273. The molecule has 0 aromatic carbocycles. The van der Waals surface area contributed by atoms with Gasteiger partial charge in [-0.25, -0.2) is 0 Å². The minimum absolute atomic E-state index is 0.102. The number of Topliss-reactive ketones (excluding diaryl/α,β-unsaturated/α-hetero) is 1. The van der Waals surface area contributed by atoms with Gasteiger partial charge in [-0.2, -0.15) is 0 Å². The minimum atomic E-state index is -0.799. The van der Waals surface area contributed by atoms with E-state index in [1.165, 1.54) is 38.5 Å². The molecule has 4 heteroatoms. The van der Waals surface area contributed by atoms with Crippen molar-refractivity contribution >= 4 is 5.78 Å². The number of carbonyl (C=O) groups is 1. The number of ether oxygens (including phenoxy) is 2. The molecular weight excluding hydrogens is 388 g/mol. The second-order valence-electron chi connectivity index (χ2n) is 12.9. The quantitative estimate of drug-likeness (QED) is 0.589. The topological polar surface area (TPSA) is 55.8 Å². The Kier molecular flexibility index (Phi) is 4.62. The fraction of sp³-hybridized carbons (Fsp3) is 0.963. The first-order valence-corrected chi connectivity index (χ1v) is 13.3. The first kappa shape index (κ1) is 21.1. The summed E-state index contributed by atoms with van der Waals surface area (Å²) in [6.45, 7) is 9.87. The number of carbonyl (C=O) groups excluding carboxylic acids is 1. The largest absolute Gasteiger partial charge is 0.385 e. The zero-order chi connectivity index (χ0) is 21.8. The molecule has 4 aliphatic carbocycles. The van der Waals surface area contributed by atoms with Gasteiger partial charge in [0.2, 0.25) is 0 Å². The van der Waals surface area contributed by atoms with E-state index in [1.807, 2.05) is 0 Å². The van der Waals surface area contributed by atoms with Crippen molar-refractivity contribution in [2.75, 3.05) is 6.61 Å². The number of rotatable bonds is 0. The molecule has 31 heavy (non-hydrogen) atoms. The van der Waals surface area contributed by atoms with Crippen LogP contribution in [0.5, 0.6) is 0 Å². The summed E-state index contributed by atoms with van der Waals surface area (Å²) in [5.41, 5.74) is -0.343. The third kappa shape index (κ3) is 2.56. The third-order valence-corrected chi connectivity index (χ3v) is 11.7. The zero-order valence-electron chi connectivity index (χ0n) is 19.9. The van der Waals surface area contributed by atoms with Crippen molar-refractivity contribution in [3.05, 3.63) is 0 Å². The van der Waals surface area contributed by atoms with Gasteiger partial charge in [-0.15, -0.1) is 0 Å². The van der Waals surface area contributed by atoms with E-state index in [0.717, 1.165) is 25.9 Å². The molecule has 1 spiro atoms. The Labute approximate surface area is 187 Å². The van der Waals surface area contributed by atoms with Gasteiger partial charge in [-0.3, -0.25) is 4.79 Å². The van der Waals surface area contributed by atoms with Crippen LogP contribution in [0.3, 0.4) is 0 Å². The number of hydrogen-bond donors (Lipinski definition) is 1. The van der Waals surface area contributed by atoms with Gasteiger partial charge in [0.25, 0.3) is 0 Å². The molecule has 4 saturated carbocycles. The van der Waals surface area contributed by atoms with Gasteiger partial charge in [0.1, 0.15) is 6.10 Å². The van der Waals surface area contributed by atoms with Gasteiger partial charge in [0.15, 0.2) is 11.6 Å². The first-order chi connectivity index (χ1) is 14.7. The highest BCUT2D eigenvalue weighted by Crippen LogP contribution is 2.70. The highest BCUT2D eigenvalue weighted by Gasteiger charge is 2.73. The van der Waals surface area contributed by atoms with E-state index in [2.05, 4.69) is 27.7 Å². The van der Waals surface area contributed by atoms with Crippen LogP contribution in [0.4, 0.5) is 0 Å². The number of ketones is 1. The Balaban J connectivity index is 1.35. The van der Waals surface area contributed by atoms with Crippen LogP contribution in [-0.4, -0.2) is 35.5 Å². The molecule has 174 valence electrons. The summed E-state index contributed by atoms with van der Waals surface area (Å²) in [5, 5.41) is 11.6. The molecule has 0 amide bonds. The lowest BCUT2D eigenvalue weighted by Crippen LogP contribution is -2.63. The summed E-state index contributed by atoms with van der Waals surface area (Å²) in [4.78, 5) is 14.1. The molecule has 4 nitrogen and oxygen atoms in total. The number of hydrogen-bond acceptors (Lipinski definition) is 4. The van der Waals surface area contributed by atoms with E-state index in [9.17, 15) is 9.90 Å². The zero-order valence-corrected chi connectivity index (χ0v) is 19.9. The van der Waals surface area contributed by atoms with Crippen LogP contribution in [0.25, 0.3) is 0 Å². The van der Waals surface area contributed by atoms with Crippen molar-refractivity contribution in [1.82, 2.24) is 0 Å². The monoisotopic (exact) mass is 430 g/mol. The fourth-order valence-electron chi connectivity index (χ4n) is 10.1. The summed E-state index contributed by atoms with van der Waals surface area (Å²) in [6, 6.07) is 0. The van der Waals surface area contributed by atoms with Crippen molar-refractivity contribution in [3.63, 3.8) is 0 Å². The molecule has 2 saturated heterocycles. The summed E-state index contributed by atoms with van der Waals surface area (Å²) < 4.78 is 13.1. The second-order valence-corrected chi connectivity index (χ2v) is 12.9. The minimum Gasteiger partial charge on any atom is -0.385 e. The maximum Gasteiger partial charge on any atom is 0.171 e. The predicted molar refractivity (Wildman–Crippen MR) is 118 cm³/mol. The molecule has 0 radical (unpaired) electrons. The van der Waals surface area contributed by atoms with E-state index in [1.54, 1.807) is 0 Å². The van der Waals surface area contributed by atoms with Crippen LogP contribution >= 0.6 is 0 Å². The van der Waals surface area contributed by atoms with Crippen molar-refractivity contribution in [1.29, 1.82) is 0 Å². The van der Waals surface area contributed by atoms with Gasteiger partial charge >= 0.3 is 0 Å². The average Bonchev–Trinajstić information content (AvgIpc) is 3.19. The van der Waals surface area contributed by atoms with Crippen LogP contribution in [0.1, 0.15) is 85.5 Å². The van der Waals surface area contributed by atoms with Gasteiger partial charge < -0.3 is 14.6 Å². The average molecular weight is 431 g/mol. The molecule has 2 aliphatic heterocycles. The molecular formula is C27H42O4. The highest BCUT2D eigenvalue weighted by molar-refractivity contribution is 5.91. The van der Waals surface area contributed by atoms with Crippen molar-refractivity contribution in [3.8, 4) is 0 Å². The molecule has 0 aromatic heterocycles. The Hall–Kier alpha value is -0.450. The molecule has 6 aliphatic rings. The van der Waals surface area contributed by atoms with Gasteiger partial charge in [0.05, 0.1) is 12.7 Å². The smallest absolute Gasteiger partial charge is 0.171 e. The Bertz CT molecular complexity index is 756. The molecule has 0 aromatic rings. The number of aliphatic hydroxyl groups is 1. The molecule has 0 bridgehead atoms. The van der Waals surface area contributed by atoms with E-state index >= 15 is 0 Å². The number of aliphatic hydroxyl groups excluding tert-OH is 1. The summed E-state index contributed by atoms with van der Waals surface area (Å²) in [7, 11) is 0. The highest BCUT2D eigenvalue weighted by atomic mass is 16.7. The predicted octanol–water partition coefficient (Wildman–Crippen LogP) is 4.97. The van der Waals surface area contributed by atoms with E-state index in [0.29, 0.717) is 23.7 Å². The molecule has 2 heterocycles. The molecule has 6 fully saturated rings. The molecule has 6 rings (SSSR count). The van der Waals surface area contributed by atoms with Crippen molar-refractivity contribution < 1.29 is 19.4 Å². The maximum atomic E-state index is 14.1. The van der Waals surface area contributed by atoms with Gasteiger partial charge in [-0.05, 0) is 67.6 Å². The van der Waals surface area contributed by atoms with Crippen LogP contribution in [0, 0.1) is 52.3 Å². The van der Waals surface area contributed by atoms with Gasteiger partial charge in [-0.1, -0.05) is 40.5 Å². The van der Waals surface area contributed by atoms with Crippen LogP contribution in [-0.2, 0) is 14.3 Å². The third-order valence-electron chi connectivity index (χ3n) is 11.7. The standard InChI is InChI=1S/C27H42O4/c1-15-10-12-27(30-14-15)16(2)21-20(31-27)13-19-18-9-8-17-7-5-6-11-25(17,3)22(18)23(28)24(29)26(19,21)4/h15-23,28H,5-14H2,1-4H3/t15-,16+,17?,18+,19+,20+,21+,22-,23?,25+,26+,27-/m1/s1. The normalized spacial score (nSPS) is 60.9. The molecule has 1 N–H and O–H groups in total. The Morgan fingerprint density at radius 2 is 1.81 bits per heavy atom. The molecule has 12 atom stereocenters. The second kappa shape index (κ2) is 6.79. The van der Waals surface area contributed by atoms with E-state index in [4.69, 9.17) is 9.47 Å². The molecule has 2 unspecified atom stereocenters. The fourth-order valence-corrected chi connectivity index (χ4v) is 10.1. The van der Waals surface area contributed by atoms with Crippen molar-refractivity contribution in [2.24, 2.45) is 52.3 Å². The summed E-state index contributed by atoms with van der Waals surface area (Å²) in [5.74, 6) is 2.22. The van der Waals surface area contributed by atoms with E-state index < -0.39 is 17.3 Å². The van der Waals surface area contributed by atoms with E-state index in [-0.39, 0.29) is 35.1 Å². The van der Waals surface area contributed by atoms with Crippen molar-refractivity contribution in [2.45, 2.75) is 103 Å². The summed E-state index contributed by atoms with van der Waals surface area (Å²) >= 11 is 0. The van der Waals surface area contributed by atoms with Crippen LogP contribution in [0.15, 0.2) is 0 Å². The Morgan fingerprint density at radius 1 is 1.00 bits per heavy atom. The Morgan fingerprint density at radius 3 is 2.55 bits per heavy atom.